The van der Waals surface area contributed by atoms with Crippen LogP contribution in [0.25, 0.3) is 0 Å². The van der Waals surface area contributed by atoms with Gasteiger partial charge in [0.05, 0.1) is 13.2 Å². The van der Waals surface area contributed by atoms with Gasteiger partial charge >= 0.3 is 6.09 Å². The molecule has 0 bridgehead atoms. The number of hydrazine groups is 1. The molecular weight excluding hydrogens is 256 g/mol. The molecule has 0 saturated heterocycles. The third-order valence-corrected chi connectivity index (χ3v) is 2.58. The molecule has 0 spiro atoms. The highest BCUT2D eigenvalue weighted by atomic mass is 16.6. The number of aliphatic hydroxyl groups excluding tert-OH is 1. The van der Waals surface area contributed by atoms with E-state index in [0.29, 0.717) is 6.54 Å². The lowest BCUT2D eigenvalue weighted by Gasteiger charge is -2.33. The lowest BCUT2D eigenvalue weighted by atomic mass is 10.2. The largest absolute Gasteiger partial charge is 0.443 e. The maximum Gasteiger partial charge on any atom is 0.425 e. The van der Waals surface area contributed by atoms with Gasteiger partial charge in [0.1, 0.15) is 5.60 Å². The molecule has 0 aliphatic heterocycles. The molecule has 1 aromatic rings. The molecule has 0 aromatic heterocycles. The minimum Gasteiger partial charge on any atom is -0.443 e. The number of hydrogen-bond donors (Lipinski definition) is 1. The van der Waals surface area contributed by atoms with Crippen molar-refractivity contribution < 1.29 is 14.6 Å². The van der Waals surface area contributed by atoms with E-state index in [1.165, 1.54) is 5.01 Å². The highest BCUT2D eigenvalue weighted by Crippen LogP contribution is 2.12. The third kappa shape index (κ3) is 5.59. The first-order valence-corrected chi connectivity index (χ1v) is 6.70. The van der Waals surface area contributed by atoms with E-state index >= 15 is 0 Å². The van der Waals surface area contributed by atoms with E-state index in [1.807, 2.05) is 51.1 Å². The van der Waals surface area contributed by atoms with Crippen LogP contribution < -0.4 is 0 Å². The molecule has 0 aliphatic rings. The predicted molar refractivity (Wildman–Crippen MR) is 77.9 cm³/mol. The van der Waals surface area contributed by atoms with Gasteiger partial charge < -0.3 is 9.84 Å². The van der Waals surface area contributed by atoms with Crippen LogP contribution in [-0.2, 0) is 11.3 Å². The number of benzene rings is 1. The van der Waals surface area contributed by atoms with Gasteiger partial charge in [0.15, 0.2) is 0 Å². The molecule has 1 N–H and O–H groups in total. The molecule has 112 valence electrons. The average molecular weight is 280 g/mol. The molecule has 1 amide bonds. The van der Waals surface area contributed by atoms with E-state index in [2.05, 4.69) is 0 Å². The molecule has 1 aromatic carbocycles. The van der Waals surface area contributed by atoms with Crippen LogP contribution in [0.2, 0.25) is 0 Å². The number of ether oxygens (including phenoxy) is 1. The molecule has 0 unspecified atom stereocenters. The fourth-order valence-corrected chi connectivity index (χ4v) is 1.74. The quantitative estimate of drug-likeness (QED) is 0.841. The van der Waals surface area contributed by atoms with Gasteiger partial charge in [-0.05, 0) is 26.3 Å². The molecule has 0 aliphatic carbocycles. The summed E-state index contributed by atoms with van der Waals surface area (Å²) in [5, 5.41) is 12.3. The summed E-state index contributed by atoms with van der Waals surface area (Å²) in [7, 11) is 1.80. The summed E-state index contributed by atoms with van der Waals surface area (Å²) >= 11 is 0. The van der Waals surface area contributed by atoms with Crippen molar-refractivity contribution in [1.82, 2.24) is 10.0 Å². The Balaban J connectivity index is 2.71. The minimum absolute atomic E-state index is 0.113. The minimum atomic E-state index is -0.557. The van der Waals surface area contributed by atoms with Crippen LogP contribution in [-0.4, -0.2) is 47.0 Å². The number of aliphatic hydroxyl groups is 1. The van der Waals surface area contributed by atoms with Crippen molar-refractivity contribution in [1.29, 1.82) is 0 Å². The standard InChI is InChI=1S/C15H24N2O3/c1-15(2,3)20-14(19)17(10-11-18)16(4)12-13-8-6-5-7-9-13/h5-9,18H,10-12H2,1-4H3. The van der Waals surface area contributed by atoms with E-state index in [-0.39, 0.29) is 13.2 Å². The van der Waals surface area contributed by atoms with Crippen molar-refractivity contribution >= 4 is 6.09 Å². The lowest BCUT2D eigenvalue weighted by molar-refractivity contribution is -0.0483. The maximum absolute atomic E-state index is 12.1. The predicted octanol–water partition coefficient (Wildman–Crippen LogP) is 2.26. The highest BCUT2D eigenvalue weighted by Gasteiger charge is 2.24. The van der Waals surface area contributed by atoms with Gasteiger partial charge in [0, 0.05) is 13.6 Å². The van der Waals surface area contributed by atoms with Crippen LogP contribution in [0.15, 0.2) is 30.3 Å². The normalized spacial score (nSPS) is 11.5. The molecule has 5 heteroatoms. The Kier molecular flexibility index (Phi) is 5.98. The van der Waals surface area contributed by atoms with Crippen molar-refractivity contribution in [3.63, 3.8) is 0 Å². The summed E-state index contributed by atoms with van der Waals surface area (Å²) in [6, 6.07) is 9.83. The number of nitrogens with zero attached hydrogens (tertiary/aromatic N) is 2. The van der Waals surface area contributed by atoms with Crippen molar-refractivity contribution in [2.24, 2.45) is 0 Å². The molecule has 1 rings (SSSR count). The van der Waals surface area contributed by atoms with Gasteiger partial charge in [-0.2, -0.15) is 0 Å². The second-order valence-electron chi connectivity index (χ2n) is 5.63. The van der Waals surface area contributed by atoms with Crippen molar-refractivity contribution in [2.45, 2.75) is 32.9 Å². The number of carbonyl (C=O) groups excluding carboxylic acids is 1. The fraction of sp³-hybridized carbons (Fsp3) is 0.533. The number of amides is 1. The van der Waals surface area contributed by atoms with Crippen molar-refractivity contribution in [2.75, 3.05) is 20.2 Å². The Morgan fingerprint density at radius 2 is 1.85 bits per heavy atom. The van der Waals surface area contributed by atoms with Crippen LogP contribution >= 0.6 is 0 Å². The lowest BCUT2D eigenvalue weighted by Crippen LogP contribution is -2.47. The number of rotatable bonds is 5. The molecular formula is C15H24N2O3. The van der Waals surface area contributed by atoms with Crippen LogP contribution in [0.1, 0.15) is 26.3 Å². The van der Waals surface area contributed by atoms with Gasteiger partial charge in [-0.3, -0.25) is 0 Å². The van der Waals surface area contributed by atoms with Gasteiger partial charge in [0.2, 0.25) is 0 Å². The fourth-order valence-electron chi connectivity index (χ4n) is 1.74. The second-order valence-corrected chi connectivity index (χ2v) is 5.63. The van der Waals surface area contributed by atoms with Gasteiger partial charge in [-0.25, -0.2) is 14.8 Å². The molecule has 20 heavy (non-hydrogen) atoms. The monoisotopic (exact) mass is 280 g/mol. The first kappa shape index (κ1) is 16.5. The Hall–Kier alpha value is -1.59. The van der Waals surface area contributed by atoms with Crippen LogP contribution in [0, 0.1) is 0 Å². The van der Waals surface area contributed by atoms with E-state index in [0.717, 1.165) is 5.56 Å². The zero-order valence-electron chi connectivity index (χ0n) is 12.7. The van der Waals surface area contributed by atoms with Crippen molar-refractivity contribution in [3.8, 4) is 0 Å². The smallest absolute Gasteiger partial charge is 0.425 e. The summed E-state index contributed by atoms with van der Waals surface area (Å²) < 4.78 is 5.35. The first-order chi connectivity index (χ1) is 9.33. The van der Waals surface area contributed by atoms with Crippen LogP contribution in [0.3, 0.4) is 0 Å². The molecule has 0 atom stereocenters. The summed E-state index contributed by atoms with van der Waals surface area (Å²) in [6.07, 6.45) is -0.454. The van der Waals surface area contributed by atoms with Gasteiger partial charge in [0.25, 0.3) is 0 Å². The highest BCUT2D eigenvalue weighted by molar-refractivity contribution is 5.67. The maximum atomic E-state index is 12.1. The topological polar surface area (TPSA) is 53.0 Å². The zero-order valence-corrected chi connectivity index (χ0v) is 12.7. The summed E-state index contributed by atoms with van der Waals surface area (Å²) in [5.41, 5.74) is 0.528. The van der Waals surface area contributed by atoms with Gasteiger partial charge in [-0.15, -0.1) is 0 Å². The SMILES string of the molecule is CN(Cc1ccccc1)N(CCO)C(=O)OC(C)(C)C. The van der Waals surface area contributed by atoms with E-state index in [1.54, 1.807) is 12.1 Å². The molecule has 0 heterocycles. The Morgan fingerprint density at radius 1 is 1.25 bits per heavy atom. The van der Waals surface area contributed by atoms with Crippen LogP contribution in [0.5, 0.6) is 0 Å². The average Bonchev–Trinajstić information content (AvgIpc) is 2.34. The van der Waals surface area contributed by atoms with Gasteiger partial charge in [-0.1, -0.05) is 30.3 Å². The summed E-state index contributed by atoms with van der Waals surface area (Å²) in [6.45, 7) is 6.12. The Morgan fingerprint density at radius 3 is 2.35 bits per heavy atom. The van der Waals surface area contributed by atoms with E-state index in [9.17, 15) is 4.79 Å². The molecule has 0 radical (unpaired) electrons. The molecule has 5 nitrogen and oxygen atoms in total. The Labute approximate surface area is 120 Å². The summed E-state index contributed by atoms with van der Waals surface area (Å²) in [5.74, 6) is 0. The van der Waals surface area contributed by atoms with Crippen molar-refractivity contribution in [3.05, 3.63) is 35.9 Å². The number of carbonyl (C=O) groups is 1. The molecule has 0 fully saturated rings. The first-order valence-electron chi connectivity index (χ1n) is 6.70. The summed E-state index contributed by atoms with van der Waals surface area (Å²) in [4.78, 5) is 12.1. The number of hydrogen-bond acceptors (Lipinski definition) is 4. The Bertz CT molecular complexity index is 415. The third-order valence-electron chi connectivity index (χ3n) is 2.58. The zero-order chi connectivity index (χ0) is 15.2. The molecule has 0 saturated carbocycles. The van der Waals surface area contributed by atoms with E-state index < -0.39 is 11.7 Å². The van der Waals surface area contributed by atoms with Crippen LogP contribution in [0.4, 0.5) is 4.79 Å². The van der Waals surface area contributed by atoms with E-state index in [4.69, 9.17) is 9.84 Å². The second kappa shape index (κ2) is 7.26.